The summed E-state index contributed by atoms with van der Waals surface area (Å²) in [7, 11) is 1.58. The molecule has 0 radical (unpaired) electrons. The van der Waals surface area contributed by atoms with Crippen LogP contribution in [0.25, 0.3) is 0 Å². The fraction of sp³-hybridized carbons (Fsp3) is 0.385. The molecule has 0 aliphatic rings. The smallest absolute Gasteiger partial charge is 0.251 e. The third-order valence-electron chi connectivity index (χ3n) is 2.59. The lowest BCUT2D eigenvalue weighted by atomic mass is 10.1. The molecule has 0 heterocycles. The fourth-order valence-electron chi connectivity index (χ4n) is 1.46. The molecule has 98 valence electrons. The summed E-state index contributed by atoms with van der Waals surface area (Å²) in [5, 5.41) is 5.30. The van der Waals surface area contributed by atoms with Gasteiger partial charge in [0, 0.05) is 24.7 Å². The number of carbonyl (C=O) groups excluding carboxylic acids is 2. The summed E-state index contributed by atoms with van der Waals surface area (Å²) in [5.74, 6) is -0.0552. The molecule has 0 bridgehead atoms. The molecular formula is C13H19N3O2. The van der Waals surface area contributed by atoms with E-state index < -0.39 is 0 Å². The average Bonchev–Trinajstić information content (AvgIpc) is 2.38. The Morgan fingerprint density at radius 2 is 1.89 bits per heavy atom. The Morgan fingerprint density at radius 1 is 1.28 bits per heavy atom. The van der Waals surface area contributed by atoms with Crippen molar-refractivity contribution in [2.24, 2.45) is 11.7 Å². The summed E-state index contributed by atoms with van der Waals surface area (Å²) in [6.45, 7) is 2.41. The SMILES string of the molecule is CNC(=O)c1ccc(NC(=O)CC(C)CN)cc1. The second kappa shape index (κ2) is 6.76. The van der Waals surface area contributed by atoms with Crippen LogP contribution in [0.1, 0.15) is 23.7 Å². The topological polar surface area (TPSA) is 84.2 Å². The van der Waals surface area contributed by atoms with Gasteiger partial charge in [0.25, 0.3) is 5.91 Å². The van der Waals surface area contributed by atoms with E-state index in [1.807, 2.05) is 6.92 Å². The lowest BCUT2D eigenvalue weighted by Gasteiger charge is -2.09. The number of nitrogens with one attached hydrogen (secondary N) is 2. The zero-order valence-corrected chi connectivity index (χ0v) is 10.7. The molecule has 0 fully saturated rings. The Bertz CT molecular complexity index is 415. The summed E-state index contributed by atoms with van der Waals surface area (Å²) in [5.41, 5.74) is 6.70. The van der Waals surface area contributed by atoms with Crippen LogP contribution in [-0.4, -0.2) is 25.4 Å². The zero-order chi connectivity index (χ0) is 13.5. The van der Waals surface area contributed by atoms with Crippen LogP contribution >= 0.6 is 0 Å². The highest BCUT2D eigenvalue weighted by atomic mass is 16.2. The minimum Gasteiger partial charge on any atom is -0.355 e. The molecule has 1 rings (SSSR count). The van der Waals surface area contributed by atoms with E-state index in [9.17, 15) is 9.59 Å². The first-order valence-electron chi connectivity index (χ1n) is 5.89. The van der Waals surface area contributed by atoms with Crippen LogP contribution in [0.3, 0.4) is 0 Å². The maximum atomic E-state index is 11.6. The molecule has 1 atom stereocenters. The summed E-state index contributed by atoms with van der Waals surface area (Å²) >= 11 is 0. The molecule has 0 aliphatic heterocycles. The van der Waals surface area contributed by atoms with Crippen LogP contribution in [0.4, 0.5) is 5.69 Å². The number of hydrogen-bond donors (Lipinski definition) is 3. The Labute approximate surface area is 107 Å². The van der Waals surface area contributed by atoms with E-state index in [1.54, 1.807) is 31.3 Å². The third kappa shape index (κ3) is 4.18. The van der Waals surface area contributed by atoms with Gasteiger partial charge >= 0.3 is 0 Å². The molecule has 1 aromatic carbocycles. The highest BCUT2D eigenvalue weighted by Crippen LogP contribution is 2.11. The first-order valence-corrected chi connectivity index (χ1v) is 5.89. The molecule has 1 unspecified atom stereocenters. The van der Waals surface area contributed by atoms with Gasteiger partial charge in [0.2, 0.25) is 5.91 Å². The second-order valence-corrected chi connectivity index (χ2v) is 4.25. The Balaban J connectivity index is 2.58. The number of rotatable bonds is 5. The van der Waals surface area contributed by atoms with Crippen molar-refractivity contribution >= 4 is 17.5 Å². The molecule has 1 aromatic rings. The number of nitrogens with two attached hydrogens (primary N) is 1. The number of amides is 2. The van der Waals surface area contributed by atoms with E-state index in [-0.39, 0.29) is 17.7 Å². The van der Waals surface area contributed by atoms with Crippen LogP contribution in [-0.2, 0) is 4.79 Å². The largest absolute Gasteiger partial charge is 0.355 e. The number of hydrogen-bond acceptors (Lipinski definition) is 3. The van der Waals surface area contributed by atoms with Crippen molar-refractivity contribution < 1.29 is 9.59 Å². The molecule has 5 nitrogen and oxygen atoms in total. The predicted molar refractivity (Wildman–Crippen MR) is 71.3 cm³/mol. The summed E-state index contributed by atoms with van der Waals surface area (Å²) in [6.07, 6.45) is 0.397. The third-order valence-corrected chi connectivity index (χ3v) is 2.59. The molecule has 5 heteroatoms. The van der Waals surface area contributed by atoms with Gasteiger partial charge in [-0.2, -0.15) is 0 Å². The molecule has 0 spiro atoms. The molecule has 18 heavy (non-hydrogen) atoms. The van der Waals surface area contributed by atoms with Gasteiger partial charge in [-0.25, -0.2) is 0 Å². The molecule has 0 saturated heterocycles. The zero-order valence-electron chi connectivity index (χ0n) is 10.7. The van der Waals surface area contributed by atoms with Crippen molar-refractivity contribution in [2.45, 2.75) is 13.3 Å². The quantitative estimate of drug-likeness (QED) is 0.727. The Morgan fingerprint density at radius 3 is 2.39 bits per heavy atom. The maximum Gasteiger partial charge on any atom is 0.251 e. The van der Waals surface area contributed by atoms with E-state index >= 15 is 0 Å². The predicted octanol–water partition coefficient (Wildman–Crippen LogP) is 0.970. The minimum absolute atomic E-state index is 0.0688. The standard InChI is InChI=1S/C13H19N3O2/c1-9(8-14)7-12(17)16-11-5-3-10(4-6-11)13(18)15-2/h3-6,9H,7-8,14H2,1-2H3,(H,15,18)(H,16,17). The average molecular weight is 249 g/mol. The van der Waals surface area contributed by atoms with Gasteiger partial charge in [-0.15, -0.1) is 0 Å². The van der Waals surface area contributed by atoms with Gasteiger partial charge in [0.15, 0.2) is 0 Å². The van der Waals surface area contributed by atoms with Gasteiger partial charge in [0.1, 0.15) is 0 Å². The highest BCUT2D eigenvalue weighted by molar-refractivity contribution is 5.95. The maximum absolute atomic E-state index is 11.6. The van der Waals surface area contributed by atoms with Gasteiger partial charge in [-0.3, -0.25) is 9.59 Å². The van der Waals surface area contributed by atoms with Crippen LogP contribution in [0, 0.1) is 5.92 Å². The van der Waals surface area contributed by atoms with Gasteiger partial charge < -0.3 is 16.4 Å². The molecule has 0 saturated carbocycles. The van der Waals surface area contributed by atoms with Crippen molar-refractivity contribution in [1.29, 1.82) is 0 Å². The van der Waals surface area contributed by atoms with Crippen molar-refractivity contribution in [1.82, 2.24) is 5.32 Å². The summed E-state index contributed by atoms with van der Waals surface area (Å²) in [6, 6.07) is 6.74. The highest BCUT2D eigenvalue weighted by Gasteiger charge is 2.08. The van der Waals surface area contributed by atoms with Crippen molar-refractivity contribution in [3.63, 3.8) is 0 Å². The van der Waals surface area contributed by atoms with Crippen LogP contribution in [0.5, 0.6) is 0 Å². The lowest BCUT2D eigenvalue weighted by Crippen LogP contribution is -2.20. The monoisotopic (exact) mass is 249 g/mol. The molecule has 2 amide bonds. The van der Waals surface area contributed by atoms with Crippen molar-refractivity contribution in [2.75, 3.05) is 18.9 Å². The second-order valence-electron chi connectivity index (χ2n) is 4.25. The van der Waals surface area contributed by atoms with Crippen LogP contribution < -0.4 is 16.4 Å². The van der Waals surface area contributed by atoms with Gasteiger partial charge in [-0.05, 0) is 36.7 Å². The van der Waals surface area contributed by atoms with Gasteiger partial charge in [0.05, 0.1) is 0 Å². The molecule has 0 aromatic heterocycles. The lowest BCUT2D eigenvalue weighted by molar-refractivity contribution is -0.116. The summed E-state index contributed by atoms with van der Waals surface area (Å²) in [4.78, 5) is 22.9. The van der Waals surface area contributed by atoms with E-state index in [2.05, 4.69) is 10.6 Å². The van der Waals surface area contributed by atoms with Gasteiger partial charge in [-0.1, -0.05) is 6.92 Å². The Hall–Kier alpha value is -1.88. The molecule has 0 aliphatic carbocycles. The van der Waals surface area contributed by atoms with E-state index in [4.69, 9.17) is 5.73 Å². The number of carbonyl (C=O) groups is 2. The minimum atomic E-state index is -0.148. The van der Waals surface area contributed by atoms with Crippen LogP contribution in [0.15, 0.2) is 24.3 Å². The van der Waals surface area contributed by atoms with Crippen molar-refractivity contribution in [3.8, 4) is 0 Å². The number of anilines is 1. The number of benzene rings is 1. The first kappa shape index (κ1) is 14.2. The molecule has 4 N–H and O–H groups in total. The molecular weight excluding hydrogens is 230 g/mol. The Kier molecular flexibility index (Phi) is 5.32. The fourth-order valence-corrected chi connectivity index (χ4v) is 1.46. The summed E-state index contributed by atoms with van der Waals surface area (Å²) < 4.78 is 0. The van der Waals surface area contributed by atoms with Crippen LogP contribution in [0.2, 0.25) is 0 Å². The van der Waals surface area contributed by atoms with Crippen molar-refractivity contribution in [3.05, 3.63) is 29.8 Å². The van der Waals surface area contributed by atoms with E-state index in [0.29, 0.717) is 24.2 Å². The first-order chi connectivity index (χ1) is 8.56. The normalized spacial score (nSPS) is 11.7. The van der Waals surface area contributed by atoms with E-state index in [1.165, 1.54) is 0 Å². The van der Waals surface area contributed by atoms with E-state index in [0.717, 1.165) is 0 Å².